The monoisotopic (exact) mass is 285 g/mol. The summed E-state index contributed by atoms with van der Waals surface area (Å²) in [5.41, 5.74) is 12.9. The number of nitrogens with zero attached hydrogens (tertiary/aromatic N) is 1. The number of hydrogen-bond acceptors (Lipinski definition) is 3. The van der Waals surface area contributed by atoms with Gasteiger partial charge in [-0.2, -0.15) is 0 Å². The normalized spacial score (nSPS) is 17.2. The van der Waals surface area contributed by atoms with E-state index in [0.717, 1.165) is 5.56 Å². The van der Waals surface area contributed by atoms with E-state index < -0.39 is 0 Å². The van der Waals surface area contributed by atoms with Crippen molar-refractivity contribution in [2.75, 3.05) is 19.6 Å². The Labute approximate surface area is 124 Å². The van der Waals surface area contributed by atoms with Gasteiger partial charge in [-0.15, -0.1) is 0 Å². The molecule has 0 aliphatic carbocycles. The van der Waals surface area contributed by atoms with Crippen molar-refractivity contribution in [3.05, 3.63) is 34.9 Å². The molecule has 5 nitrogen and oxygen atoms in total. The Kier molecular flexibility index (Phi) is 4.61. The van der Waals surface area contributed by atoms with Crippen LogP contribution in [0.1, 0.15) is 27.9 Å². The summed E-state index contributed by atoms with van der Waals surface area (Å²) in [5, 5.41) is 0. The first kappa shape index (κ1) is 15.1. The molecule has 0 bridgehead atoms. The first-order chi connectivity index (χ1) is 10.0. The Hall–Kier alpha value is -2.32. The van der Waals surface area contributed by atoms with Crippen molar-refractivity contribution in [3.8, 4) is 11.8 Å². The summed E-state index contributed by atoms with van der Waals surface area (Å²) in [7, 11) is 0. The highest BCUT2D eigenvalue weighted by Crippen LogP contribution is 2.20. The third-order valence-corrected chi connectivity index (χ3v) is 3.61. The van der Waals surface area contributed by atoms with Crippen LogP contribution in [0.5, 0.6) is 0 Å². The molecule has 1 aliphatic heterocycles. The van der Waals surface area contributed by atoms with Gasteiger partial charge in [0.25, 0.3) is 5.91 Å². The maximum atomic E-state index is 12.6. The van der Waals surface area contributed by atoms with Crippen LogP contribution in [0.25, 0.3) is 0 Å². The molecule has 1 aliphatic rings. The van der Waals surface area contributed by atoms with Gasteiger partial charge in [0.1, 0.15) is 0 Å². The van der Waals surface area contributed by atoms with E-state index in [-0.39, 0.29) is 24.3 Å². The van der Waals surface area contributed by atoms with Crippen LogP contribution in [0.15, 0.2) is 18.2 Å². The number of benzene rings is 1. The standard InChI is InChI=1S/C16H19N3O2/c1-11-4-5-12(3-2-7-17)14(9-11)16(21)19-8-6-13(10-19)15(18)20/h4-5,9,13H,6-8,10,17H2,1H3,(H2,18,20). The zero-order valence-electron chi connectivity index (χ0n) is 12.1. The number of likely N-dealkylation sites (tertiary alicyclic amines) is 1. The molecule has 4 N–H and O–H groups in total. The van der Waals surface area contributed by atoms with E-state index in [2.05, 4.69) is 11.8 Å². The van der Waals surface area contributed by atoms with Crippen LogP contribution in [0.2, 0.25) is 0 Å². The second-order valence-electron chi connectivity index (χ2n) is 5.19. The zero-order valence-corrected chi connectivity index (χ0v) is 12.1. The quantitative estimate of drug-likeness (QED) is 0.763. The minimum absolute atomic E-state index is 0.108. The predicted molar refractivity (Wildman–Crippen MR) is 80.3 cm³/mol. The average Bonchev–Trinajstić information content (AvgIpc) is 2.95. The van der Waals surface area contributed by atoms with Gasteiger partial charge in [0.15, 0.2) is 0 Å². The molecular weight excluding hydrogens is 266 g/mol. The minimum atomic E-state index is -0.349. The molecule has 1 unspecified atom stereocenters. The van der Waals surface area contributed by atoms with Crippen LogP contribution in [0, 0.1) is 24.7 Å². The molecule has 1 saturated heterocycles. The van der Waals surface area contributed by atoms with E-state index in [1.807, 2.05) is 25.1 Å². The molecule has 1 heterocycles. The number of rotatable bonds is 2. The molecule has 2 rings (SSSR count). The molecule has 110 valence electrons. The van der Waals surface area contributed by atoms with Crippen molar-refractivity contribution in [3.63, 3.8) is 0 Å². The van der Waals surface area contributed by atoms with Crippen LogP contribution in [-0.2, 0) is 4.79 Å². The molecule has 0 spiro atoms. The maximum absolute atomic E-state index is 12.6. The lowest BCUT2D eigenvalue weighted by Gasteiger charge is -2.17. The summed E-state index contributed by atoms with van der Waals surface area (Å²) in [5.74, 6) is 4.98. The number of carbonyl (C=O) groups excluding carboxylic acids is 2. The van der Waals surface area contributed by atoms with Gasteiger partial charge in [0, 0.05) is 18.7 Å². The molecule has 1 fully saturated rings. The van der Waals surface area contributed by atoms with Gasteiger partial charge in [-0.25, -0.2) is 0 Å². The van der Waals surface area contributed by atoms with Crippen molar-refractivity contribution in [1.82, 2.24) is 4.90 Å². The molecule has 1 aromatic carbocycles. The van der Waals surface area contributed by atoms with Gasteiger partial charge in [-0.05, 0) is 25.5 Å². The molecule has 0 radical (unpaired) electrons. The Balaban J connectivity index is 2.27. The van der Waals surface area contributed by atoms with Crippen LogP contribution in [-0.4, -0.2) is 36.3 Å². The SMILES string of the molecule is Cc1ccc(C#CCN)c(C(=O)N2CCC(C(N)=O)C2)c1. The van der Waals surface area contributed by atoms with E-state index in [1.54, 1.807) is 4.90 Å². The lowest BCUT2D eigenvalue weighted by atomic mass is 10.0. The van der Waals surface area contributed by atoms with E-state index >= 15 is 0 Å². The van der Waals surface area contributed by atoms with Gasteiger partial charge >= 0.3 is 0 Å². The smallest absolute Gasteiger partial charge is 0.255 e. The fourth-order valence-corrected chi connectivity index (χ4v) is 2.44. The number of nitrogens with two attached hydrogens (primary N) is 2. The highest BCUT2D eigenvalue weighted by atomic mass is 16.2. The van der Waals surface area contributed by atoms with Crippen LogP contribution < -0.4 is 11.5 Å². The molecule has 5 heteroatoms. The highest BCUT2D eigenvalue weighted by molar-refractivity contribution is 5.97. The molecule has 21 heavy (non-hydrogen) atoms. The number of aryl methyl sites for hydroxylation is 1. The van der Waals surface area contributed by atoms with Gasteiger partial charge < -0.3 is 16.4 Å². The topological polar surface area (TPSA) is 89.4 Å². The lowest BCUT2D eigenvalue weighted by Crippen LogP contribution is -2.32. The fraction of sp³-hybridized carbons (Fsp3) is 0.375. The molecule has 1 atom stereocenters. The van der Waals surface area contributed by atoms with Crippen LogP contribution in [0.4, 0.5) is 0 Å². The number of primary amides is 1. The third-order valence-electron chi connectivity index (χ3n) is 3.61. The summed E-state index contributed by atoms with van der Waals surface area (Å²) < 4.78 is 0. The second-order valence-corrected chi connectivity index (χ2v) is 5.19. The zero-order chi connectivity index (χ0) is 15.4. The number of amides is 2. The van der Waals surface area contributed by atoms with Gasteiger partial charge in [-0.3, -0.25) is 9.59 Å². The predicted octanol–water partition coefficient (Wildman–Crippen LogP) is 0.253. The number of carbonyl (C=O) groups is 2. The summed E-state index contributed by atoms with van der Waals surface area (Å²) >= 11 is 0. The van der Waals surface area contributed by atoms with Gasteiger partial charge in [-0.1, -0.05) is 23.5 Å². The minimum Gasteiger partial charge on any atom is -0.369 e. The van der Waals surface area contributed by atoms with Crippen LogP contribution in [0.3, 0.4) is 0 Å². The molecule has 1 aromatic rings. The Morgan fingerprint density at radius 1 is 1.43 bits per heavy atom. The van der Waals surface area contributed by atoms with E-state index in [1.165, 1.54) is 0 Å². The Morgan fingerprint density at radius 3 is 2.81 bits per heavy atom. The fourth-order valence-electron chi connectivity index (χ4n) is 2.44. The average molecular weight is 285 g/mol. The van der Waals surface area contributed by atoms with Crippen molar-refractivity contribution < 1.29 is 9.59 Å². The Bertz CT molecular complexity index is 628. The van der Waals surface area contributed by atoms with Crippen molar-refractivity contribution in [1.29, 1.82) is 0 Å². The summed E-state index contributed by atoms with van der Waals surface area (Å²) in [4.78, 5) is 25.5. The summed E-state index contributed by atoms with van der Waals surface area (Å²) in [6.07, 6.45) is 0.622. The molecule has 0 saturated carbocycles. The molecular formula is C16H19N3O2. The van der Waals surface area contributed by atoms with E-state index in [9.17, 15) is 9.59 Å². The van der Waals surface area contributed by atoms with Gasteiger partial charge in [0.05, 0.1) is 18.0 Å². The second kappa shape index (κ2) is 6.42. The van der Waals surface area contributed by atoms with Crippen molar-refractivity contribution >= 4 is 11.8 Å². The first-order valence-electron chi connectivity index (χ1n) is 6.91. The molecule has 0 aromatic heterocycles. The van der Waals surface area contributed by atoms with Crippen LogP contribution >= 0.6 is 0 Å². The first-order valence-corrected chi connectivity index (χ1v) is 6.91. The van der Waals surface area contributed by atoms with E-state index in [4.69, 9.17) is 11.5 Å². The largest absolute Gasteiger partial charge is 0.369 e. The summed E-state index contributed by atoms with van der Waals surface area (Å²) in [6, 6.07) is 5.56. The summed E-state index contributed by atoms with van der Waals surface area (Å²) in [6.45, 7) is 3.10. The Morgan fingerprint density at radius 2 is 2.19 bits per heavy atom. The lowest BCUT2D eigenvalue weighted by molar-refractivity contribution is -0.121. The van der Waals surface area contributed by atoms with E-state index in [0.29, 0.717) is 30.6 Å². The maximum Gasteiger partial charge on any atom is 0.255 e. The van der Waals surface area contributed by atoms with Crippen molar-refractivity contribution in [2.45, 2.75) is 13.3 Å². The van der Waals surface area contributed by atoms with Gasteiger partial charge in [0.2, 0.25) is 5.91 Å². The van der Waals surface area contributed by atoms with Crippen molar-refractivity contribution in [2.24, 2.45) is 17.4 Å². The highest BCUT2D eigenvalue weighted by Gasteiger charge is 2.30. The third kappa shape index (κ3) is 3.41. The number of hydrogen-bond donors (Lipinski definition) is 2. The molecule has 2 amide bonds.